The van der Waals surface area contributed by atoms with Crippen molar-refractivity contribution in [3.8, 4) is 0 Å². The first-order valence-electron chi connectivity index (χ1n) is 18.3. The summed E-state index contributed by atoms with van der Waals surface area (Å²) in [5.74, 6) is 1.75. The minimum Gasteiger partial charge on any atom is -0.417 e. The average molecular weight is 655 g/mol. The van der Waals surface area contributed by atoms with E-state index >= 15 is 0 Å². The predicted octanol–water partition coefficient (Wildman–Crippen LogP) is 9.30. The van der Waals surface area contributed by atoms with Crippen molar-refractivity contribution in [1.29, 1.82) is 0 Å². The summed E-state index contributed by atoms with van der Waals surface area (Å²) >= 11 is 0. The van der Waals surface area contributed by atoms with Gasteiger partial charge in [-0.3, -0.25) is 0 Å². The van der Waals surface area contributed by atoms with Crippen LogP contribution in [-0.4, -0.2) is 63.3 Å². The minimum atomic E-state index is -1.79. The number of hydrogen-bond acceptors (Lipinski definition) is 5. The Kier molecular flexibility index (Phi) is 13.4. The molecule has 260 valence electrons. The van der Waals surface area contributed by atoms with Crippen LogP contribution in [0.4, 0.5) is 0 Å². The molecule has 3 aliphatic rings. The van der Waals surface area contributed by atoms with E-state index < -0.39 is 8.32 Å². The molecule has 0 aromatic heterocycles. The number of aliphatic hydroxyl groups is 1. The van der Waals surface area contributed by atoms with Gasteiger partial charge in [-0.2, -0.15) is 0 Å². The summed E-state index contributed by atoms with van der Waals surface area (Å²) in [5.41, 5.74) is 3.79. The van der Waals surface area contributed by atoms with E-state index in [1.54, 1.807) is 0 Å². The van der Waals surface area contributed by atoms with Crippen molar-refractivity contribution in [3.63, 3.8) is 0 Å². The van der Waals surface area contributed by atoms with Crippen molar-refractivity contribution >= 4 is 8.32 Å². The van der Waals surface area contributed by atoms with E-state index in [1.807, 2.05) is 0 Å². The lowest BCUT2D eigenvalue weighted by molar-refractivity contribution is -0.0747. The van der Waals surface area contributed by atoms with Crippen molar-refractivity contribution in [3.05, 3.63) is 60.2 Å². The molecule has 6 heteroatoms. The molecule has 2 unspecified atom stereocenters. The highest BCUT2D eigenvalue weighted by molar-refractivity contribution is 6.74. The van der Waals surface area contributed by atoms with Gasteiger partial charge in [0.05, 0.1) is 36.6 Å². The molecule has 3 saturated heterocycles. The third-order valence-corrected chi connectivity index (χ3v) is 16.3. The highest BCUT2D eigenvalue weighted by atomic mass is 28.4. The molecule has 0 saturated carbocycles. The molecule has 0 amide bonds. The predicted molar refractivity (Wildman–Crippen MR) is 193 cm³/mol. The van der Waals surface area contributed by atoms with Gasteiger partial charge in [-0.1, -0.05) is 85.0 Å². The van der Waals surface area contributed by atoms with E-state index in [9.17, 15) is 5.11 Å². The summed E-state index contributed by atoms with van der Waals surface area (Å²) in [7, 11) is -1.79. The van der Waals surface area contributed by atoms with Crippen LogP contribution < -0.4 is 0 Å². The Morgan fingerprint density at radius 2 is 1.65 bits per heavy atom. The Labute approximate surface area is 282 Å². The summed E-state index contributed by atoms with van der Waals surface area (Å²) in [6.07, 6.45) is 9.26. The zero-order valence-corrected chi connectivity index (χ0v) is 31.4. The third-order valence-electron chi connectivity index (χ3n) is 11.8. The zero-order valence-electron chi connectivity index (χ0n) is 30.4. The van der Waals surface area contributed by atoms with E-state index in [0.29, 0.717) is 23.7 Å². The fraction of sp³-hybridized carbons (Fsp3) is 0.750. The van der Waals surface area contributed by atoms with Crippen LogP contribution in [0, 0.1) is 23.7 Å². The molecule has 46 heavy (non-hydrogen) atoms. The number of ether oxygens (including phenoxy) is 3. The third kappa shape index (κ3) is 9.89. The highest BCUT2D eigenvalue weighted by Gasteiger charge is 2.45. The molecule has 4 rings (SSSR count). The van der Waals surface area contributed by atoms with Crippen LogP contribution in [0.15, 0.2) is 54.6 Å². The standard InChI is InChI=1S/C40H66O5Si/c1-27(26-42-46(9,10)40(6,7)8)21-37-31(5)35(24-32-15-12-11-13-16-32)39(45-37)25-38-30(4)28(2)22-34(44-38)18-19-36-29(3)23-33(43-36)17-14-20-41/h11-13,15-16,27-28,31,33-39,41H,3-4,14,17-26H2,1-2,5-10H3/t27-,28+,31+,33-,34-,35+,36?,37+,38+,39?/m0/s1. The van der Waals surface area contributed by atoms with E-state index in [0.717, 1.165) is 64.4 Å². The van der Waals surface area contributed by atoms with Crippen molar-refractivity contribution in [1.82, 2.24) is 0 Å². The van der Waals surface area contributed by atoms with Gasteiger partial charge in [0.1, 0.15) is 0 Å². The molecule has 1 N–H and O–H groups in total. The maximum Gasteiger partial charge on any atom is 0.191 e. The Morgan fingerprint density at radius 1 is 0.957 bits per heavy atom. The number of hydrogen-bond donors (Lipinski definition) is 1. The van der Waals surface area contributed by atoms with E-state index in [1.165, 1.54) is 16.7 Å². The average Bonchev–Trinajstić information content (AvgIpc) is 3.49. The Morgan fingerprint density at radius 3 is 2.33 bits per heavy atom. The van der Waals surface area contributed by atoms with Gasteiger partial charge in [-0.15, -0.1) is 0 Å². The molecule has 3 heterocycles. The van der Waals surface area contributed by atoms with Gasteiger partial charge in [0, 0.05) is 19.6 Å². The molecular weight excluding hydrogens is 589 g/mol. The number of aliphatic hydroxyl groups excluding tert-OH is 1. The van der Waals surface area contributed by atoms with Crippen molar-refractivity contribution < 1.29 is 23.7 Å². The van der Waals surface area contributed by atoms with Crippen LogP contribution >= 0.6 is 0 Å². The fourth-order valence-electron chi connectivity index (χ4n) is 7.54. The van der Waals surface area contributed by atoms with Gasteiger partial charge in [-0.05, 0) is 110 Å². The van der Waals surface area contributed by atoms with E-state index in [2.05, 4.69) is 98.1 Å². The Hall–Kier alpha value is -1.28. The first-order chi connectivity index (χ1) is 21.7. The van der Waals surface area contributed by atoms with Gasteiger partial charge in [0.25, 0.3) is 0 Å². The summed E-state index contributed by atoms with van der Waals surface area (Å²) in [6.45, 7) is 28.6. The first-order valence-corrected chi connectivity index (χ1v) is 21.2. The molecule has 0 bridgehead atoms. The highest BCUT2D eigenvalue weighted by Crippen LogP contribution is 2.43. The molecule has 1 aromatic rings. The summed E-state index contributed by atoms with van der Waals surface area (Å²) < 4.78 is 26.8. The van der Waals surface area contributed by atoms with Crippen LogP contribution in [-0.2, 0) is 25.1 Å². The molecular formula is C40H66O5Si. The lowest BCUT2D eigenvalue weighted by Gasteiger charge is -2.38. The topological polar surface area (TPSA) is 57.2 Å². The molecule has 3 aliphatic heterocycles. The van der Waals surface area contributed by atoms with Gasteiger partial charge in [0.2, 0.25) is 0 Å². The summed E-state index contributed by atoms with van der Waals surface area (Å²) in [6, 6.07) is 10.9. The summed E-state index contributed by atoms with van der Waals surface area (Å²) in [5, 5.41) is 9.44. The van der Waals surface area contributed by atoms with Gasteiger partial charge >= 0.3 is 0 Å². The van der Waals surface area contributed by atoms with Gasteiger partial charge in [0.15, 0.2) is 8.32 Å². The lowest BCUT2D eigenvalue weighted by Crippen LogP contribution is -2.42. The number of rotatable bonds is 15. The normalized spacial score (nSPS) is 33.1. The quantitative estimate of drug-likeness (QED) is 0.151. The molecule has 10 atom stereocenters. The fourth-order valence-corrected chi connectivity index (χ4v) is 8.67. The zero-order chi connectivity index (χ0) is 33.6. The van der Waals surface area contributed by atoms with Crippen LogP contribution in [0.1, 0.15) is 98.5 Å². The first kappa shape index (κ1) is 37.5. The smallest absolute Gasteiger partial charge is 0.191 e. The van der Waals surface area contributed by atoms with Crippen LogP contribution in [0.5, 0.6) is 0 Å². The number of benzene rings is 1. The van der Waals surface area contributed by atoms with E-state index in [4.69, 9.17) is 18.6 Å². The van der Waals surface area contributed by atoms with Gasteiger partial charge in [-0.25, -0.2) is 0 Å². The maximum atomic E-state index is 9.22. The minimum absolute atomic E-state index is 0.00677. The second-order valence-electron chi connectivity index (χ2n) is 16.6. The Bertz CT molecular complexity index is 1110. The molecule has 0 spiro atoms. The largest absolute Gasteiger partial charge is 0.417 e. The second kappa shape index (κ2) is 16.4. The van der Waals surface area contributed by atoms with Crippen LogP contribution in [0.3, 0.4) is 0 Å². The molecule has 5 nitrogen and oxygen atoms in total. The monoisotopic (exact) mass is 654 g/mol. The molecule has 0 radical (unpaired) electrons. The van der Waals surface area contributed by atoms with E-state index in [-0.39, 0.29) is 48.3 Å². The molecule has 3 fully saturated rings. The lowest BCUT2D eigenvalue weighted by atomic mass is 9.78. The summed E-state index contributed by atoms with van der Waals surface area (Å²) in [4.78, 5) is 0. The van der Waals surface area contributed by atoms with Crippen molar-refractivity contribution in [2.24, 2.45) is 23.7 Å². The molecule has 0 aliphatic carbocycles. The van der Waals surface area contributed by atoms with Crippen molar-refractivity contribution in [2.75, 3.05) is 13.2 Å². The van der Waals surface area contributed by atoms with Crippen LogP contribution in [0.2, 0.25) is 18.1 Å². The SMILES string of the molecule is C=C1C[C@H](CCCO)OC1CC[C@H]1C[C@@H](C)C(=C)[C@@H](CC2O[C@H](C[C@H](C)CO[Si](C)(C)C(C)(C)C)[C@H](C)[C@H]2Cc2ccccc2)O1. The van der Waals surface area contributed by atoms with Crippen LogP contribution in [0.25, 0.3) is 0 Å². The molecule has 1 aromatic carbocycles. The maximum absolute atomic E-state index is 9.22. The van der Waals surface area contributed by atoms with Crippen molar-refractivity contribution in [2.45, 2.75) is 154 Å². The second-order valence-corrected chi connectivity index (χ2v) is 21.4. The Balaban J connectivity index is 1.39. The van der Waals surface area contributed by atoms with Gasteiger partial charge < -0.3 is 23.7 Å².